The molecule has 1 aliphatic heterocycles. The summed E-state index contributed by atoms with van der Waals surface area (Å²) < 4.78 is 0. The van der Waals surface area contributed by atoms with Crippen molar-refractivity contribution < 1.29 is 9.59 Å². The van der Waals surface area contributed by atoms with Crippen molar-refractivity contribution in [1.82, 2.24) is 5.32 Å². The number of nitrogens with one attached hydrogen (secondary N) is 2. The van der Waals surface area contributed by atoms with Gasteiger partial charge in [0.1, 0.15) is 0 Å². The van der Waals surface area contributed by atoms with Crippen LogP contribution in [0.25, 0.3) is 0 Å². The fraction of sp³-hybridized carbons (Fsp3) is 0.273. The Bertz CT molecular complexity index is 415. The number of carbonyl (C=O) groups is 2. The van der Waals surface area contributed by atoms with Crippen LogP contribution in [-0.2, 0) is 9.59 Å². The summed E-state index contributed by atoms with van der Waals surface area (Å²) in [6.07, 6.45) is 0. The molecule has 2 amide bonds. The maximum atomic E-state index is 11.6. The summed E-state index contributed by atoms with van der Waals surface area (Å²) in [4.78, 5) is 22.4. The number of carbonyl (C=O) groups excluding carboxylic acids is 2. The largest absolute Gasteiger partial charge is 0.355 e. The lowest BCUT2D eigenvalue weighted by molar-refractivity contribution is -0.119. The highest BCUT2D eigenvalue weighted by Gasteiger charge is 2.29. The maximum Gasteiger partial charge on any atom is 0.233 e. The van der Waals surface area contributed by atoms with E-state index < -0.39 is 0 Å². The first kappa shape index (κ1) is 9.71. The minimum absolute atomic E-state index is 0.0510. The van der Waals surface area contributed by atoms with Crippen molar-refractivity contribution in [3.63, 3.8) is 0 Å². The van der Waals surface area contributed by atoms with Crippen LogP contribution < -0.4 is 10.6 Å². The van der Waals surface area contributed by atoms with Crippen molar-refractivity contribution in [3.05, 3.63) is 29.8 Å². The van der Waals surface area contributed by atoms with Gasteiger partial charge in [0, 0.05) is 19.2 Å². The normalized spacial score (nSPS) is 18.2. The summed E-state index contributed by atoms with van der Waals surface area (Å²) in [5.74, 6) is -0.428. The van der Waals surface area contributed by atoms with Gasteiger partial charge in [0.2, 0.25) is 11.8 Å². The Kier molecular flexibility index (Phi) is 2.41. The number of anilines is 1. The molecule has 2 N–H and O–H groups in total. The zero-order chi connectivity index (χ0) is 10.8. The van der Waals surface area contributed by atoms with Crippen molar-refractivity contribution in [1.29, 1.82) is 0 Å². The molecule has 0 saturated heterocycles. The van der Waals surface area contributed by atoms with Crippen molar-refractivity contribution in [2.45, 2.75) is 12.8 Å². The SMILES string of the molecule is CC(=O)NCC1C(=O)Nc2ccccc21. The highest BCUT2D eigenvalue weighted by atomic mass is 16.2. The van der Waals surface area contributed by atoms with Crippen LogP contribution >= 0.6 is 0 Å². The summed E-state index contributed by atoms with van der Waals surface area (Å²) in [5.41, 5.74) is 1.80. The van der Waals surface area contributed by atoms with Gasteiger partial charge in [-0.25, -0.2) is 0 Å². The molecule has 0 bridgehead atoms. The Morgan fingerprint density at radius 1 is 1.47 bits per heavy atom. The van der Waals surface area contributed by atoms with E-state index >= 15 is 0 Å². The molecular weight excluding hydrogens is 192 g/mol. The van der Waals surface area contributed by atoms with Crippen LogP contribution in [0.2, 0.25) is 0 Å². The monoisotopic (exact) mass is 204 g/mol. The van der Waals surface area contributed by atoms with Gasteiger partial charge in [0.25, 0.3) is 0 Å². The van der Waals surface area contributed by atoms with Gasteiger partial charge in [-0.3, -0.25) is 9.59 Å². The summed E-state index contributed by atoms with van der Waals surface area (Å²) in [7, 11) is 0. The molecule has 78 valence electrons. The fourth-order valence-corrected chi connectivity index (χ4v) is 1.72. The molecule has 0 radical (unpaired) electrons. The van der Waals surface area contributed by atoms with Crippen LogP contribution in [0.4, 0.5) is 5.69 Å². The Morgan fingerprint density at radius 2 is 2.20 bits per heavy atom. The average molecular weight is 204 g/mol. The first-order valence-electron chi connectivity index (χ1n) is 4.82. The Balaban J connectivity index is 2.18. The van der Waals surface area contributed by atoms with Crippen molar-refractivity contribution in [2.75, 3.05) is 11.9 Å². The van der Waals surface area contributed by atoms with E-state index in [1.807, 2.05) is 24.3 Å². The van der Waals surface area contributed by atoms with Crippen LogP contribution in [-0.4, -0.2) is 18.4 Å². The number of benzene rings is 1. The molecule has 0 aliphatic carbocycles. The zero-order valence-electron chi connectivity index (χ0n) is 8.41. The van der Waals surface area contributed by atoms with Gasteiger partial charge in [-0.05, 0) is 11.6 Å². The minimum atomic E-state index is -0.259. The van der Waals surface area contributed by atoms with Crippen LogP contribution in [0.15, 0.2) is 24.3 Å². The second-order valence-electron chi connectivity index (χ2n) is 3.57. The van der Waals surface area contributed by atoms with Gasteiger partial charge in [-0.15, -0.1) is 0 Å². The highest BCUT2D eigenvalue weighted by Crippen LogP contribution is 2.31. The average Bonchev–Trinajstić information content (AvgIpc) is 2.50. The molecule has 1 heterocycles. The first-order chi connectivity index (χ1) is 7.18. The molecule has 1 aromatic rings. The van der Waals surface area contributed by atoms with Gasteiger partial charge in [-0.1, -0.05) is 18.2 Å². The number of fused-ring (bicyclic) bond motifs is 1. The third-order valence-corrected chi connectivity index (χ3v) is 2.47. The molecule has 1 atom stereocenters. The van der Waals surface area contributed by atoms with E-state index in [9.17, 15) is 9.59 Å². The smallest absolute Gasteiger partial charge is 0.233 e. The second kappa shape index (κ2) is 3.73. The molecule has 0 aromatic heterocycles. The molecule has 1 aromatic carbocycles. The second-order valence-corrected chi connectivity index (χ2v) is 3.57. The number of hydrogen-bond donors (Lipinski definition) is 2. The van der Waals surface area contributed by atoms with E-state index in [4.69, 9.17) is 0 Å². The number of rotatable bonds is 2. The lowest BCUT2D eigenvalue weighted by Crippen LogP contribution is -2.29. The lowest BCUT2D eigenvalue weighted by atomic mass is 10.0. The third-order valence-electron chi connectivity index (χ3n) is 2.47. The standard InChI is InChI=1S/C11H12N2O2/c1-7(14)12-6-9-8-4-2-3-5-10(8)13-11(9)15/h2-5,9H,6H2,1H3,(H,12,14)(H,13,15). The molecule has 0 spiro atoms. The van der Waals surface area contributed by atoms with Gasteiger partial charge < -0.3 is 10.6 Å². The maximum absolute atomic E-state index is 11.6. The van der Waals surface area contributed by atoms with Crippen molar-refractivity contribution >= 4 is 17.5 Å². The molecule has 0 saturated carbocycles. The molecule has 4 nitrogen and oxygen atoms in total. The molecule has 0 fully saturated rings. The first-order valence-corrected chi connectivity index (χ1v) is 4.82. The molecule has 1 aliphatic rings. The van der Waals surface area contributed by atoms with Crippen molar-refractivity contribution in [3.8, 4) is 0 Å². The number of hydrogen-bond acceptors (Lipinski definition) is 2. The van der Waals surface area contributed by atoms with Gasteiger partial charge in [0.15, 0.2) is 0 Å². The van der Waals surface area contributed by atoms with Crippen LogP contribution in [0.1, 0.15) is 18.4 Å². The summed E-state index contributed by atoms with van der Waals surface area (Å²) in [5, 5.41) is 5.44. The summed E-state index contributed by atoms with van der Waals surface area (Å²) >= 11 is 0. The Morgan fingerprint density at radius 3 is 2.93 bits per heavy atom. The molecule has 4 heteroatoms. The third kappa shape index (κ3) is 1.83. The van der Waals surface area contributed by atoms with Gasteiger partial charge >= 0.3 is 0 Å². The van der Waals surface area contributed by atoms with E-state index in [1.54, 1.807) is 0 Å². The van der Waals surface area contributed by atoms with E-state index in [1.165, 1.54) is 6.92 Å². The quantitative estimate of drug-likeness (QED) is 0.750. The highest BCUT2D eigenvalue weighted by molar-refractivity contribution is 6.03. The lowest BCUT2D eigenvalue weighted by Gasteiger charge is -2.08. The summed E-state index contributed by atoms with van der Waals surface area (Å²) in [6.45, 7) is 1.80. The van der Waals surface area contributed by atoms with E-state index in [0.717, 1.165) is 11.3 Å². The molecule has 1 unspecified atom stereocenters. The van der Waals surface area contributed by atoms with Gasteiger partial charge in [-0.2, -0.15) is 0 Å². The van der Waals surface area contributed by atoms with E-state index in [0.29, 0.717) is 6.54 Å². The van der Waals surface area contributed by atoms with Crippen LogP contribution in [0.5, 0.6) is 0 Å². The van der Waals surface area contributed by atoms with E-state index in [-0.39, 0.29) is 17.7 Å². The summed E-state index contributed by atoms with van der Waals surface area (Å²) in [6, 6.07) is 7.53. The van der Waals surface area contributed by atoms with Crippen LogP contribution in [0.3, 0.4) is 0 Å². The fourth-order valence-electron chi connectivity index (χ4n) is 1.72. The Hall–Kier alpha value is -1.84. The van der Waals surface area contributed by atoms with Crippen LogP contribution in [0, 0.1) is 0 Å². The molecule has 15 heavy (non-hydrogen) atoms. The Labute approximate surface area is 87.7 Å². The van der Waals surface area contributed by atoms with E-state index in [2.05, 4.69) is 10.6 Å². The molecule has 2 rings (SSSR count). The molecular formula is C11H12N2O2. The topological polar surface area (TPSA) is 58.2 Å². The number of para-hydroxylation sites is 1. The van der Waals surface area contributed by atoms with Crippen molar-refractivity contribution in [2.24, 2.45) is 0 Å². The minimum Gasteiger partial charge on any atom is -0.355 e. The van der Waals surface area contributed by atoms with Gasteiger partial charge in [0.05, 0.1) is 5.92 Å². The predicted octanol–water partition coefficient (Wildman–Crippen LogP) is 0.858. The number of amides is 2. The zero-order valence-corrected chi connectivity index (χ0v) is 8.41. The predicted molar refractivity (Wildman–Crippen MR) is 56.5 cm³/mol.